The zero-order chi connectivity index (χ0) is 16.7. The summed E-state index contributed by atoms with van der Waals surface area (Å²) in [5, 5.41) is 4.69. The number of rotatable bonds is 2. The molecule has 120 valence electrons. The van der Waals surface area contributed by atoms with Gasteiger partial charge in [-0.05, 0) is 25.0 Å². The Morgan fingerprint density at radius 2 is 1.88 bits per heavy atom. The van der Waals surface area contributed by atoms with Gasteiger partial charge in [0.2, 0.25) is 0 Å². The van der Waals surface area contributed by atoms with Crippen molar-refractivity contribution in [1.29, 1.82) is 0 Å². The number of fused-ring (bicyclic) bond motifs is 3. The van der Waals surface area contributed by atoms with E-state index in [1.165, 1.54) is 16.5 Å². The molecule has 2 heterocycles. The van der Waals surface area contributed by atoms with Gasteiger partial charge in [0, 0.05) is 36.1 Å². The van der Waals surface area contributed by atoms with Gasteiger partial charge in [-0.2, -0.15) is 0 Å². The van der Waals surface area contributed by atoms with E-state index in [-0.39, 0.29) is 5.78 Å². The van der Waals surface area contributed by atoms with E-state index in [0.717, 1.165) is 35.5 Å². The average molecular weight is 316 g/mol. The van der Waals surface area contributed by atoms with Gasteiger partial charge in [-0.25, -0.2) is 0 Å². The maximum Gasteiger partial charge on any atom is 0.187 e. The molecule has 4 rings (SSSR count). The molecule has 0 radical (unpaired) electrons. The number of aromatic nitrogens is 1. The maximum atomic E-state index is 12.6. The molecule has 0 atom stereocenters. The van der Waals surface area contributed by atoms with Gasteiger partial charge in [-0.3, -0.25) is 4.79 Å². The van der Waals surface area contributed by atoms with E-state index in [2.05, 4.69) is 41.2 Å². The number of hydrogen-bond acceptors (Lipinski definition) is 2. The van der Waals surface area contributed by atoms with Crippen molar-refractivity contribution < 1.29 is 4.79 Å². The number of benzene rings is 2. The molecule has 3 heteroatoms. The van der Waals surface area contributed by atoms with Crippen molar-refractivity contribution in [3.05, 3.63) is 77.0 Å². The van der Waals surface area contributed by atoms with E-state index in [1.807, 2.05) is 31.2 Å². The molecule has 3 nitrogen and oxygen atoms in total. The lowest BCUT2D eigenvalue weighted by atomic mass is 10.0. The predicted molar refractivity (Wildman–Crippen MR) is 98.1 cm³/mol. The van der Waals surface area contributed by atoms with E-state index in [0.29, 0.717) is 0 Å². The fraction of sp³-hybridized carbons (Fsp3) is 0.190. The van der Waals surface area contributed by atoms with Crippen LogP contribution in [0, 0.1) is 6.92 Å². The Bertz CT molecular complexity index is 961. The largest absolute Gasteiger partial charge is 0.383 e. The van der Waals surface area contributed by atoms with Crippen LogP contribution in [0.1, 0.15) is 27.2 Å². The molecule has 3 aromatic rings. The summed E-state index contributed by atoms with van der Waals surface area (Å²) in [6.07, 6.45) is 2.72. The second kappa shape index (κ2) is 5.68. The number of allylic oxidation sites excluding steroid dienone is 1. The molecule has 0 bridgehead atoms. The van der Waals surface area contributed by atoms with Crippen LogP contribution in [0.5, 0.6) is 0 Å². The van der Waals surface area contributed by atoms with E-state index < -0.39 is 0 Å². The van der Waals surface area contributed by atoms with Crippen molar-refractivity contribution >= 4 is 22.4 Å². The Morgan fingerprint density at radius 3 is 2.67 bits per heavy atom. The number of carbonyl (C=O) groups is 1. The van der Waals surface area contributed by atoms with Crippen molar-refractivity contribution in [1.82, 2.24) is 9.88 Å². The Kier molecular flexibility index (Phi) is 3.49. The van der Waals surface area contributed by atoms with Gasteiger partial charge in [-0.1, -0.05) is 48.0 Å². The van der Waals surface area contributed by atoms with E-state index >= 15 is 0 Å². The number of ketones is 1. The first kappa shape index (κ1) is 14.8. The van der Waals surface area contributed by atoms with Gasteiger partial charge in [0.15, 0.2) is 5.78 Å². The normalized spacial score (nSPS) is 15.3. The molecule has 1 aromatic heterocycles. The summed E-state index contributed by atoms with van der Waals surface area (Å²) in [7, 11) is 2.07. The fourth-order valence-electron chi connectivity index (χ4n) is 3.53. The van der Waals surface area contributed by atoms with Crippen molar-refractivity contribution in [3.8, 4) is 0 Å². The van der Waals surface area contributed by atoms with Crippen LogP contribution in [-0.2, 0) is 13.5 Å². The second-order valence-corrected chi connectivity index (χ2v) is 6.37. The first-order valence-corrected chi connectivity index (χ1v) is 8.28. The van der Waals surface area contributed by atoms with Gasteiger partial charge in [0.1, 0.15) is 0 Å². The van der Waals surface area contributed by atoms with Gasteiger partial charge < -0.3 is 9.88 Å². The smallest absolute Gasteiger partial charge is 0.187 e. The van der Waals surface area contributed by atoms with Crippen LogP contribution >= 0.6 is 0 Å². The van der Waals surface area contributed by atoms with Gasteiger partial charge in [0.25, 0.3) is 0 Å². The molecular formula is C21H20N2O. The van der Waals surface area contributed by atoms with Gasteiger partial charge in [-0.15, -0.1) is 0 Å². The third kappa shape index (κ3) is 2.33. The summed E-state index contributed by atoms with van der Waals surface area (Å²) in [4.78, 5) is 12.6. The van der Waals surface area contributed by atoms with Crippen LogP contribution < -0.4 is 5.32 Å². The SMILES string of the molecule is Cc1ccc(C(=O)/C=C2\NCCc3c2n(C)c2ccccc32)cc1. The molecule has 1 N–H and O–H groups in total. The lowest BCUT2D eigenvalue weighted by Gasteiger charge is -2.19. The molecule has 0 spiro atoms. The molecule has 24 heavy (non-hydrogen) atoms. The van der Waals surface area contributed by atoms with Gasteiger partial charge in [0.05, 0.1) is 11.4 Å². The minimum atomic E-state index is 0.0376. The molecule has 1 aliphatic heterocycles. The van der Waals surface area contributed by atoms with Gasteiger partial charge >= 0.3 is 0 Å². The summed E-state index contributed by atoms with van der Waals surface area (Å²) in [6.45, 7) is 2.88. The van der Waals surface area contributed by atoms with Crippen LogP contribution in [0.25, 0.3) is 16.6 Å². The minimum absolute atomic E-state index is 0.0376. The zero-order valence-corrected chi connectivity index (χ0v) is 14.0. The molecule has 1 aliphatic rings. The van der Waals surface area contributed by atoms with Crippen LogP contribution in [-0.4, -0.2) is 16.9 Å². The summed E-state index contributed by atoms with van der Waals surface area (Å²) in [5.41, 5.74) is 6.46. The van der Waals surface area contributed by atoms with Crippen molar-refractivity contribution in [3.63, 3.8) is 0 Å². The Hall–Kier alpha value is -2.81. The topological polar surface area (TPSA) is 34.0 Å². The van der Waals surface area contributed by atoms with Crippen molar-refractivity contribution in [2.75, 3.05) is 6.54 Å². The Morgan fingerprint density at radius 1 is 1.12 bits per heavy atom. The lowest BCUT2D eigenvalue weighted by Crippen LogP contribution is -2.24. The maximum absolute atomic E-state index is 12.6. The van der Waals surface area contributed by atoms with E-state index in [9.17, 15) is 4.79 Å². The Labute approximate surface area is 141 Å². The van der Waals surface area contributed by atoms with Crippen LogP contribution in [0.15, 0.2) is 54.6 Å². The first-order chi connectivity index (χ1) is 11.6. The Balaban J connectivity index is 1.81. The number of aryl methyl sites for hydroxylation is 2. The number of hydrogen-bond donors (Lipinski definition) is 1. The number of nitrogens with one attached hydrogen (secondary N) is 1. The van der Waals surface area contributed by atoms with E-state index in [1.54, 1.807) is 6.08 Å². The molecule has 0 saturated carbocycles. The second-order valence-electron chi connectivity index (χ2n) is 6.37. The molecule has 0 saturated heterocycles. The molecular weight excluding hydrogens is 296 g/mol. The lowest BCUT2D eigenvalue weighted by molar-refractivity contribution is 0.104. The fourth-order valence-corrected chi connectivity index (χ4v) is 3.53. The van der Waals surface area contributed by atoms with Crippen LogP contribution in [0.2, 0.25) is 0 Å². The summed E-state index contributed by atoms with van der Waals surface area (Å²) < 4.78 is 2.19. The summed E-state index contributed by atoms with van der Waals surface area (Å²) >= 11 is 0. The molecule has 2 aromatic carbocycles. The monoisotopic (exact) mass is 316 g/mol. The highest BCUT2D eigenvalue weighted by atomic mass is 16.1. The number of para-hydroxylation sites is 1. The summed E-state index contributed by atoms with van der Waals surface area (Å²) in [5.74, 6) is 0.0376. The molecule has 0 aliphatic carbocycles. The zero-order valence-electron chi connectivity index (χ0n) is 14.0. The first-order valence-electron chi connectivity index (χ1n) is 8.28. The quantitative estimate of drug-likeness (QED) is 0.575. The third-order valence-corrected chi connectivity index (χ3v) is 4.77. The highest BCUT2D eigenvalue weighted by molar-refractivity contribution is 6.09. The summed E-state index contributed by atoms with van der Waals surface area (Å²) in [6, 6.07) is 16.2. The highest BCUT2D eigenvalue weighted by Gasteiger charge is 2.22. The predicted octanol–water partition coefficient (Wildman–Crippen LogP) is 3.86. The third-order valence-electron chi connectivity index (χ3n) is 4.77. The standard InChI is InChI=1S/C21H20N2O/c1-14-7-9-15(10-8-14)20(24)13-18-21-17(11-12-22-18)16-5-3-4-6-19(16)23(21)2/h3-10,13,22H,11-12H2,1-2H3/b18-13-. The molecule has 0 fully saturated rings. The molecule has 0 amide bonds. The highest BCUT2D eigenvalue weighted by Crippen LogP contribution is 2.32. The van der Waals surface area contributed by atoms with Crippen molar-refractivity contribution in [2.45, 2.75) is 13.3 Å². The van der Waals surface area contributed by atoms with Crippen LogP contribution in [0.3, 0.4) is 0 Å². The molecule has 0 unspecified atom stereocenters. The number of carbonyl (C=O) groups excluding carboxylic acids is 1. The minimum Gasteiger partial charge on any atom is -0.383 e. The number of nitrogens with zero attached hydrogens (tertiary/aromatic N) is 1. The van der Waals surface area contributed by atoms with Crippen LogP contribution in [0.4, 0.5) is 0 Å². The van der Waals surface area contributed by atoms with E-state index in [4.69, 9.17) is 0 Å². The van der Waals surface area contributed by atoms with Crippen molar-refractivity contribution in [2.24, 2.45) is 7.05 Å². The average Bonchev–Trinajstić information content (AvgIpc) is 2.90.